The Morgan fingerprint density at radius 1 is 1.32 bits per heavy atom. The average molecular weight is 491 g/mol. The van der Waals surface area contributed by atoms with Crippen LogP contribution in [0.15, 0.2) is 18.5 Å². The van der Waals surface area contributed by atoms with E-state index in [4.69, 9.17) is 15.9 Å². The molecule has 34 heavy (non-hydrogen) atoms. The molecule has 1 aliphatic carbocycles. The molecule has 0 unspecified atom stereocenters. The van der Waals surface area contributed by atoms with E-state index in [0.29, 0.717) is 30.0 Å². The number of halogens is 2. The predicted octanol–water partition coefficient (Wildman–Crippen LogP) is 4.63. The van der Waals surface area contributed by atoms with Gasteiger partial charge in [0.15, 0.2) is 0 Å². The van der Waals surface area contributed by atoms with Crippen molar-refractivity contribution >= 4 is 51.4 Å². The summed E-state index contributed by atoms with van der Waals surface area (Å²) in [6.07, 6.45) is 5.43. The molecule has 0 saturated heterocycles. The summed E-state index contributed by atoms with van der Waals surface area (Å²) in [6.45, 7) is 1.98. The zero-order valence-corrected chi connectivity index (χ0v) is 19.9. The van der Waals surface area contributed by atoms with E-state index in [1.54, 1.807) is 23.7 Å². The summed E-state index contributed by atoms with van der Waals surface area (Å²) in [7, 11) is 1.30. The van der Waals surface area contributed by atoms with E-state index in [0.717, 1.165) is 39.5 Å². The first-order chi connectivity index (χ1) is 16.4. The van der Waals surface area contributed by atoms with Gasteiger partial charge in [0.05, 0.1) is 24.2 Å². The Bertz CT molecular complexity index is 1150. The summed E-state index contributed by atoms with van der Waals surface area (Å²) < 4.78 is 28.3. The lowest BCUT2D eigenvalue weighted by molar-refractivity contribution is -0.118. The van der Waals surface area contributed by atoms with Crippen LogP contribution in [0.4, 0.5) is 26.0 Å². The largest absolute Gasteiger partial charge is 0.492 e. The van der Waals surface area contributed by atoms with Crippen molar-refractivity contribution in [2.45, 2.75) is 39.0 Å². The smallest absolute Gasteiger partial charge is 0.255 e. The van der Waals surface area contributed by atoms with Crippen molar-refractivity contribution < 1.29 is 18.3 Å². The van der Waals surface area contributed by atoms with Crippen molar-refractivity contribution in [2.24, 2.45) is 0 Å². The number of nitrogen functional groups attached to an aromatic ring is 1. The maximum Gasteiger partial charge on any atom is 0.255 e. The van der Waals surface area contributed by atoms with Crippen LogP contribution in [0.5, 0.6) is 5.75 Å². The molecular weight excluding hydrogens is 462 g/mol. The Labute approximate surface area is 200 Å². The predicted molar refractivity (Wildman–Crippen MR) is 132 cm³/mol. The van der Waals surface area contributed by atoms with Crippen LogP contribution in [0, 0.1) is 5.41 Å². The summed E-state index contributed by atoms with van der Waals surface area (Å²) in [5, 5.41) is 12.1. The van der Waals surface area contributed by atoms with E-state index in [9.17, 15) is 13.6 Å². The number of carbonyl (C=O) groups is 1. The van der Waals surface area contributed by atoms with Crippen molar-refractivity contribution in [3.8, 4) is 5.75 Å². The van der Waals surface area contributed by atoms with Crippen LogP contribution in [-0.2, 0) is 17.6 Å². The van der Waals surface area contributed by atoms with Crippen molar-refractivity contribution in [1.82, 2.24) is 14.9 Å². The molecule has 0 saturated carbocycles. The second-order valence-corrected chi connectivity index (χ2v) is 8.81. The second kappa shape index (κ2) is 11.7. The van der Waals surface area contributed by atoms with E-state index in [-0.39, 0.29) is 0 Å². The molecule has 4 N–H and O–H groups in total. The lowest BCUT2D eigenvalue weighted by Gasteiger charge is -2.16. The van der Waals surface area contributed by atoms with Crippen LogP contribution < -0.4 is 15.8 Å². The number of fused-ring (bicyclic) bond motifs is 3. The summed E-state index contributed by atoms with van der Waals surface area (Å²) >= 11 is 1.77. The minimum Gasteiger partial charge on any atom is -0.492 e. The summed E-state index contributed by atoms with van der Waals surface area (Å²) in [5.74, 6) is 1.45. The van der Waals surface area contributed by atoms with Crippen LogP contribution >= 0.6 is 11.3 Å². The van der Waals surface area contributed by atoms with Crippen LogP contribution in [0.1, 0.15) is 35.8 Å². The SMILES string of the molecule is CCOc1cc(N)c(C=N)cc1Nc1ncnc2sc3c(c12)CCCC3.CN(C=O)CC(F)F. The molecule has 3 aromatic rings. The first-order valence-corrected chi connectivity index (χ1v) is 11.7. The lowest BCUT2D eigenvalue weighted by atomic mass is 9.97. The quantitative estimate of drug-likeness (QED) is 0.241. The molecule has 0 atom stereocenters. The van der Waals surface area contributed by atoms with Gasteiger partial charge in [-0.3, -0.25) is 4.79 Å². The zero-order valence-electron chi connectivity index (χ0n) is 19.1. The molecule has 0 radical (unpaired) electrons. The Kier molecular flexibility index (Phi) is 8.69. The van der Waals surface area contributed by atoms with E-state index >= 15 is 0 Å². The third-order valence-corrected chi connectivity index (χ3v) is 6.45. The molecule has 0 spiro atoms. The third-order valence-electron chi connectivity index (χ3n) is 5.25. The molecule has 11 heteroatoms. The molecule has 1 aliphatic rings. The van der Waals surface area contributed by atoms with Gasteiger partial charge < -0.3 is 26.1 Å². The van der Waals surface area contributed by atoms with Crippen LogP contribution in [-0.4, -0.2) is 54.1 Å². The van der Waals surface area contributed by atoms with E-state index < -0.39 is 13.0 Å². The number of anilines is 3. The summed E-state index contributed by atoms with van der Waals surface area (Å²) in [5.41, 5.74) is 9.31. The number of hydrogen-bond acceptors (Lipinski definition) is 8. The van der Waals surface area contributed by atoms with Gasteiger partial charge in [0, 0.05) is 35.5 Å². The van der Waals surface area contributed by atoms with Gasteiger partial charge in [-0.05, 0) is 44.2 Å². The van der Waals surface area contributed by atoms with E-state index in [1.807, 2.05) is 13.0 Å². The molecule has 2 heterocycles. The number of amides is 1. The summed E-state index contributed by atoms with van der Waals surface area (Å²) in [6, 6.07) is 3.59. The van der Waals surface area contributed by atoms with Crippen molar-refractivity contribution in [2.75, 3.05) is 31.2 Å². The minimum absolute atomic E-state index is 0.367. The average Bonchev–Trinajstić information content (AvgIpc) is 3.20. The number of nitrogens with two attached hydrogens (primary N) is 1. The number of nitrogens with one attached hydrogen (secondary N) is 2. The molecule has 2 aromatic heterocycles. The highest BCUT2D eigenvalue weighted by Crippen LogP contribution is 2.40. The first kappa shape index (κ1) is 25.3. The number of carbonyl (C=O) groups excluding carboxylic acids is 1. The number of alkyl halides is 2. The normalized spacial score (nSPS) is 12.5. The van der Waals surface area contributed by atoms with Crippen molar-refractivity contribution in [3.05, 3.63) is 34.5 Å². The number of nitrogens with zero attached hydrogens (tertiary/aromatic N) is 3. The fourth-order valence-corrected chi connectivity index (χ4v) is 4.91. The highest BCUT2D eigenvalue weighted by molar-refractivity contribution is 7.19. The summed E-state index contributed by atoms with van der Waals surface area (Å²) in [4.78, 5) is 22.0. The van der Waals surface area contributed by atoms with Gasteiger partial charge in [0.1, 0.15) is 22.7 Å². The van der Waals surface area contributed by atoms with Crippen molar-refractivity contribution in [3.63, 3.8) is 0 Å². The fraction of sp³-hybridized carbons (Fsp3) is 0.391. The number of aryl methyl sites for hydroxylation is 2. The van der Waals surface area contributed by atoms with Gasteiger partial charge in [0.2, 0.25) is 6.41 Å². The Morgan fingerprint density at radius 2 is 2.09 bits per heavy atom. The lowest BCUT2D eigenvalue weighted by Crippen LogP contribution is -2.22. The number of ether oxygens (including phenoxy) is 1. The Balaban J connectivity index is 0.000000350. The van der Waals surface area contributed by atoms with Gasteiger partial charge in [-0.15, -0.1) is 11.3 Å². The van der Waals surface area contributed by atoms with Crippen LogP contribution in [0.2, 0.25) is 0 Å². The molecule has 4 rings (SSSR count). The van der Waals surface area contributed by atoms with Crippen LogP contribution in [0.25, 0.3) is 10.2 Å². The van der Waals surface area contributed by atoms with Crippen molar-refractivity contribution in [1.29, 1.82) is 5.41 Å². The molecule has 0 bridgehead atoms. The molecule has 8 nitrogen and oxygen atoms in total. The highest BCUT2D eigenvalue weighted by Gasteiger charge is 2.20. The van der Waals surface area contributed by atoms with Gasteiger partial charge >= 0.3 is 0 Å². The zero-order chi connectivity index (χ0) is 24.7. The molecule has 1 amide bonds. The topological polar surface area (TPSA) is 117 Å². The number of hydrogen-bond donors (Lipinski definition) is 3. The molecule has 0 aliphatic heterocycles. The number of thiophene rings is 1. The number of rotatable bonds is 8. The Morgan fingerprint density at radius 3 is 2.74 bits per heavy atom. The second-order valence-electron chi connectivity index (χ2n) is 7.73. The van der Waals surface area contributed by atoms with Gasteiger partial charge in [0.25, 0.3) is 6.43 Å². The molecule has 1 aromatic carbocycles. The number of aromatic nitrogens is 2. The van der Waals surface area contributed by atoms with Gasteiger partial charge in [-0.1, -0.05) is 0 Å². The minimum atomic E-state index is -2.43. The first-order valence-electron chi connectivity index (χ1n) is 10.9. The van der Waals surface area contributed by atoms with E-state index in [1.165, 1.54) is 36.5 Å². The highest BCUT2D eigenvalue weighted by atomic mass is 32.1. The van der Waals surface area contributed by atoms with Crippen LogP contribution in [0.3, 0.4) is 0 Å². The molecular formula is C23H28F2N6O2S. The Hall–Kier alpha value is -3.34. The number of benzene rings is 1. The molecule has 182 valence electrons. The van der Waals surface area contributed by atoms with E-state index in [2.05, 4.69) is 15.3 Å². The van der Waals surface area contributed by atoms with Gasteiger partial charge in [-0.2, -0.15) is 0 Å². The fourth-order valence-electron chi connectivity index (χ4n) is 3.68. The standard InChI is InChI=1S/C19H21N5OS.C4H7F2NO/c1-2-25-15-8-13(21)11(9-20)7-14(15)24-18-17-12-5-3-4-6-16(12)26-19(17)23-10-22-18;1-7(3-8)2-4(5)6/h7-10,20H,2-6,21H2,1H3,(H,22,23,24);3-4H,2H2,1H3. The van der Waals surface area contributed by atoms with Gasteiger partial charge in [-0.25, -0.2) is 18.7 Å². The third kappa shape index (κ3) is 5.96. The monoisotopic (exact) mass is 490 g/mol. The maximum absolute atomic E-state index is 11.3. The molecule has 0 fully saturated rings. The maximum atomic E-state index is 11.3.